The smallest absolute Gasteiger partial charge is 0.243 e. The summed E-state index contributed by atoms with van der Waals surface area (Å²) in [6, 6.07) is 15.3. The van der Waals surface area contributed by atoms with Gasteiger partial charge in [0, 0.05) is 12.1 Å². The highest BCUT2D eigenvalue weighted by Crippen LogP contribution is 2.14. The SMILES string of the molecule is CCC(C(=O)NC(C)(C)C)N(CCc1ccccc1)C(=O)Cc1ccc(F)cc1. The molecule has 0 aliphatic rings. The van der Waals surface area contributed by atoms with Gasteiger partial charge in [0.15, 0.2) is 0 Å². The minimum atomic E-state index is -0.550. The standard InChI is InChI=1S/C24H31FN2O2/c1-5-21(23(29)26-24(2,3)4)27(16-15-18-9-7-6-8-10-18)22(28)17-19-11-13-20(25)14-12-19/h6-14,21H,5,15-17H2,1-4H3,(H,26,29). The molecular formula is C24H31FN2O2. The van der Waals surface area contributed by atoms with Gasteiger partial charge in [0.1, 0.15) is 11.9 Å². The molecule has 2 amide bonds. The summed E-state index contributed by atoms with van der Waals surface area (Å²) in [5.41, 5.74) is 1.46. The van der Waals surface area contributed by atoms with Crippen LogP contribution in [0.4, 0.5) is 4.39 Å². The zero-order valence-electron chi connectivity index (χ0n) is 17.7. The maximum Gasteiger partial charge on any atom is 0.243 e. The first-order valence-corrected chi connectivity index (χ1v) is 10.1. The van der Waals surface area contributed by atoms with Crippen LogP contribution in [-0.4, -0.2) is 34.8 Å². The number of carbonyl (C=O) groups is 2. The van der Waals surface area contributed by atoms with E-state index in [9.17, 15) is 14.0 Å². The second-order valence-corrected chi connectivity index (χ2v) is 8.29. The van der Waals surface area contributed by atoms with Crippen LogP contribution >= 0.6 is 0 Å². The highest BCUT2D eigenvalue weighted by molar-refractivity contribution is 5.88. The molecule has 0 spiro atoms. The number of carbonyl (C=O) groups excluding carboxylic acids is 2. The fourth-order valence-electron chi connectivity index (χ4n) is 3.23. The monoisotopic (exact) mass is 398 g/mol. The number of hydrogen-bond acceptors (Lipinski definition) is 2. The van der Waals surface area contributed by atoms with Crippen molar-refractivity contribution in [1.82, 2.24) is 10.2 Å². The van der Waals surface area contributed by atoms with Gasteiger partial charge in [0.2, 0.25) is 11.8 Å². The molecule has 4 nitrogen and oxygen atoms in total. The van der Waals surface area contributed by atoms with Crippen molar-refractivity contribution >= 4 is 11.8 Å². The van der Waals surface area contributed by atoms with Gasteiger partial charge >= 0.3 is 0 Å². The van der Waals surface area contributed by atoms with Crippen LogP contribution in [0.1, 0.15) is 45.2 Å². The van der Waals surface area contributed by atoms with E-state index in [0.717, 1.165) is 11.1 Å². The first-order chi connectivity index (χ1) is 13.7. The number of rotatable bonds is 8. The molecule has 1 unspecified atom stereocenters. The van der Waals surface area contributed by atoms with Gasteiger partial charge < -0.3 is 10.2 Å². The first-order valence-electron chi connectivity index (χ1n) is 10.1. The number of nitrogens with zero attached hydrogens (tertiary/aromatic N) is 1. The van der Waals surface area contributed by atoms with Crippen molar-refractivity contribution in [2.75, 3.05) is 6.54 Å². The van der Waals surface area contributed by atoms with Crippen molar-refractivity contribution in [2.24, 2.45) is 0 Å². The summed E-state index contributed by atoms with van der Waals surface area (Å²) < 4.78 is 13.2. The van der Waals surface area contributed by atoms with Crippen LogP contribution in [0.15, 0.2) is 54.6 Å². The zero-order valence-corrected chi connectivity index (χ0v) is 17.7. The molecule has 0 saturated carbocycles. The molecule has 0 aliphatic heterocycles. The Morgan fingerprint density at radius 2 is 1.62 bits per heavy atom. The van der Waals surface area contributed by atoms with Gasteiger partial charge in [-0.1, -0.05) is 49.4 Å². The van der Waals surface area contributed by atoms with Crippen LogP contribution in [0.25, 0.3) is 0 Å². The van der Waals surface area contributed by atoms with Crippen molar-refractivity contribution in [2.45, 2.75) is 58.5 Å². The maximum atomic E-state index is 13.2. The average Bonchev–Trinajstić information content (AvgIpc) is 2.66. The third-order valence-electron chi connectivity index (χ3n) is 4.64. The van der Waals surface area contributed by atoms with Crippen molar-refractivity contribution in [3.05, 3.63) is 71.5 Å². The minimum Gasteiger partial charge on any atom is -0.350 e. The maximum absolute atomic E-state index is 13.2. The van der Waals surface area contributed by atoms with Crippen LogP contribution in [0.3, 0.4) is 0 Å². The lowest BCUT2D eigenvalue weighted by molar-refractivity contribution is -0.140. The predicted molar refractivity (Wildman–Crippen MR) is 114 cm³/mol. The van der Waals surface area contributed by atoms with Crippen molar-refractivity contribution in [3.8, 4) is 0 Å². The Kier molecular flexibility index (Phi) is 7.94. The molecule has 0 fully saturated rings. The Labute approximate surface area is 173 Å². The molecule has 1 N–H and O–H groups in total. The largest absolute Gasteiger partial charge is 0.350 e. The number of nitrogens with one attached hydrogen (secondary N) is 1. The van der Waals surface area contributed by atoms with Crippen LogP contribution in [-0.2, 0) is 22.4 Å². The van der Waals surface area contributed by atoms with E-state index in [1.165, 1.54) is 12.1 Å². The molecule has 0 saturated heterocycles. The summed E-state index contributed by atoms with van der Waals surface area (Å²) in [6.45, 7) is 8.12. The average molecular weight is 399 g/mol. The highest BCUT2D eigenvalue weighted by Gasteiger charge is 2.30. The molecule has 156 valence electrons. The van der Waals surface area contributed by atoms with Gasteiger partial charge in [-0.3, -0.25) is 9.59 Å². The lowest BCUT2D eigenvalue weighted by Crippen LogP contribution is -2.54. The van der Waals surface area contributed by atoms with E-state index in [2.05, 4.69) is 5.32 Å². The van der Waals surface area contributed by atoms with Gasteiger partial charge in [-0.2, -0.15) is 0 Å². The van der Waals surface area contributed by atoms with Crippen LogP contribution < -0.4 is 5.32 Å². The van der Waals surface area contributed by atoms with Crippen molar-refractivity contribution < 1.29 is 14.0 Å². The molecule has 1 atom stereocenters. The molecule has 2 aromatic rings. The van der Waals surface area contributed by atoms with Gasteiger partial charge in [-0.05, 0) is 56.9 Å². The van der Waals surface area contributed by atoms with Gasteiger partial charge in [-0.15, -0.1) is 0 Å². The van der Waals surface area contributed by atoms with Crippen LogP contribution in [0, 0.1) is 5.82 Å². The van der Waals surface area contributed by atoms with Gasteiger partial charge in [0.05, 0.1) is 6.42 Å². The molecule has 2 aromatic carbocycles. The molecule has 0 bridgehead atoms. The predicted octanol–water partition coefficient (Wildman–Crippen LogP) is 4.13. The summed E-state index contributed by atoms with van der Waals surface area (Å²) in [7, 11) is 0. The Balaban J connectivity index is 2.21. The van der Waals surface area contributed by atoms with E-state index in [1.54, 1.807) is 17.0 Å². The number of benzene rings is 2. The summed E-state index contributed by atoms with van der Waals surface area (Å²) in [4.78, 5) is 27.7. The highest BCUT2D eigenvalue weighted by atomic mass is 19.1. The summed E-state index contributed by atoms with van der Waals surface area (Å²) in [5.74, 6) is -0.623. The summed E-state index contributed by atoms with van der Waals surface area (Å²) in [5, 5.41) is 2.99. The Bertz CT molecular complexity index is 798. The minimum absolute atomic E-state index is 0.133. The molecule has 0 heterocycles. The fraction of sp³-hybridized carbons (Fsp3) is 0.417. The Morgan fingerprint density at radius 1 is 1.00 bits per heavy atom. The first kappa shape index (κ1) is 22.6. The summed E-state index contributed by atoms with van der Waals surface area (Å²) in [6.07, 6.45) is 1.32. The third-order valence-corrected chi connectivity index (χ3v) is 4.64. The third kappa shape index (κ3) is 7.33. The Hall–Kier alpha value is -2.69. The van der Waals surface area contributed by atoms with Gasteiger partial charge in [-0.25, -0.2) is 4.39 Å². The van der Waals surface area contributed by atoms with Crippen LogP contribution in [0.5, 0.6) is 0 Å². The second-order valence-electron chi connectivity index (χ2n) is 8.29. The molecule has 2 rings (SSSR count). The van der Waals surface area contributed by atoms with Crippen molar-refractivity contribution in [3.63, 3.8) is 0 Å². The molecule has 0 aliphatic carbocycles. The lowest BCUT2D eigenvalue weighted by Gasteiger charge is -2.33. The number of hydrogen-bond donors (Lipinski definition) is 1. The normalized spacial score (nSPS) is 12.3. The quantitative estimate of drug-likeness (QED) is 0.727. The van der Waals surface area contributed by atoms with E-state index < -0.39 is 6.04 Å². The molecular weight excluding hydrogens is 367 g/mol. The second kappa shape index (κ2) is 10.2. The van der Waals surface area contributed by atoms with E-state index in [0.29, 0.717) is 19.4 Å². The number of amides is 2. The van der Waals surface area contributed by atoms with E-state index >= 15 is 0 Å². The Morgan fingerprint density at radius 3 is 2.17 bits per heavy atom. The van der Waals surface area contributed by atoms with E-state index in [1.807, 2.05) is 58.0 Å². The van der Waals surface area contributed by atoms with E-state index in [-0.39, 0.29) is 29.6 Å². The number of halogens is 1. The molecule has 0 aromatic heterocycles. The lowest BCUT2D eigenvalue weighted by atomic mass is 10.0. The van der Waals surface area contributed by atoms with Gasteiger partial charge in [0.25, 0.3) is 0 Å². The topological polar surface area (TPSA) is 49.4 Å². The zero-order chi connectivity index (χ0) is 21.4. The molecule has 0 radical (unpaired) electrons. The summed E-state index contributed by atoms with van der Waals surface area (Å²) >= 11 is 0. The van der Waals surface area contributed by atoms with E-state index in [4.69, 9.17) is 0 Å². The van der Waals surface area contributed by atoms with Crippen LogP contribution in [0.2, 0.25) is 0 Å². The molecule has 5 heteroatoms. The van der Waals surface area contributed by atoms with Crippen molar-refractivity contribution in [1.29, 1.82) is 0 Å². The molecule has 29 heavy (non-hydrogen) atoms. The fourth-order valence-corrected chi connectivity index (χ4v) is 3.23.